The maximum Gasteiger partial charge on any atom is 0.282 e. The minimum atomic E-state index is -3.93. The van der Waals surface area contributed by atoms with Crippen LogP contribution in [-0.4, -0.2) is 36.7 Å². The Labute approximate surface area is 195 Å². The third kappa shape index (κ3) is 4.58. The molecule has 0 unspecified atom stereocenters. The third-order valence-electron chi connectivity index (χ3n) is 5.21. The van der Waals surface area contributed by atoms with Crippen LogP contribution in [0.25, 0.3) is 22.0 Å². The smallest absolute Gasteiger partial charge is 0.282 e. The summed E-state index contributed by atoms with van der Waals surface area (Å²) in [7, 11) is -3.93. The Morgan fingerprint density at radius 1 is 1.15 bits per heavy atom. The van der Waals surface area contributed by atoms with Gasteiger partial charge in [0.15, 0.2) is 0 Å². The molecule has 2 aromatic carbocycles. The summed E-state index contributed by atoms with van der Waals surface area (Å²) < 4.78 is 47.5. The Balaban J connectivity index is 2.10. The number of carbonyl (C=O) groups is 1. The maximum atomic E-state index is 14.6. The molecule has 4 rings (SSSR count). The van der Waals surface area contributed by atoms with Crippen molar-refractivity contribution in [3.8, 4) is 16.9 Å². The van der Waals surface area contributed by atoms with Crippen LogP contribution in [0, 0.1) is 5.82 Å². The predicted molar refractivity (Wildman–Crippen MR) is 127 cm³/mol. The molecule has 176 valence electrons. The van der Waals surface area contributed by atoms with Crippen molar-refractivity contribution in [1.82, 2.24) is 14.3 Å². The van der Waals surface area contributed by atoms with Crippen molar-refractivity contribution in [3.63, 3.8) is 0 Å². The molecular formula is C24H22FN3O5S. The number of hydrogen-bond donors (Lipinski definition) is 2. The Morgan fingerprint density at radius 2 is 1.91 bits per heavy atom. The summed E-state index contributed by atoms with van der Waals surface area (Å²) in [6.07, 6.45) is 2.31. The van der Waals surface area contributed by atoms with Crippen molar-refractivity contribution in [2.45, 2.75) is 13.5 Å². The average Bonchev–Trinajstić information content (AvgIpc) is 3.08. The van der Waals surface area contributed by atoms with Gasteiger partial charge in [-0.2, -0.15) is 0 Å². The second kappa shape index (κ2) is 9.14. The zero-order valence-corrected chi connectivity index (χ0v) is 19.3. The van der Waals surface area contributed by atoms with E-state index in [1.807, 2.05) is 11.6 Å². The van der Waals surface area contributed by atoms with Gasteiger partial charge in [0.2, 0.25) is 10.0 Å². The number of nitrogens with one attached hydrogen (secondary N) is 2. The normalized spacial score (nSPS) is 11.5. The van der Waals surface area contributed by atoms with Gasteiger partial charge in [0, 0.05) is 33.8 Å². The molecule has 0 atom stereocenters. The molecule has 4 aromatic rings. The lowest BCUT2D eigenvalue weighted by Crippen LogP contribution is -2.32. The zero-order valence-electron chi connectivity index (χ0n) is 18.5. The molecule has 0 spiro atoms. The first-order chi connectivity index (χ1) is 16.2. The van der Waals surface area contributed by atoms with Gasteiger partial charge in [-0.1, -0.05) is 18.2 Å². The minimum Gasteiger partial charge on any atom is -0.494 e. The molecule has 0 bridgehead atoms. The SMILES string of the molecule is CCOc1ccc2c(c1)c(-c1ccc[nH]c1=O)c(C(=O)NS(C)(=O)=O)n2Cc1ccccc1F. The molecule has 1 amide bonds. The number of amides is 1. The van der Waals surface area contributed by atoms with Crippen LogP contribution in [0.3, 0.4) is 0 Å². The van der Waals surface area contributed by atoms with Crippen LogP contribution in [0.15, 0.2) is 65.6 Å². The molecule has 0 aliphatic rings. The number of benzene rings is 2. The molecule has 34 heavy (non-hydrogen) atoms. The number of pyridine rings is 1. The standard InChI is InChI=1S/C24H22FN3O5S/c1-3-33-16-10-11-20-18(13-16)21(17-8-6-12-26-23(17)29)22(24(30)27-34(2,31)32)28(20)14-15-7-4-5-9-19(15)25/h4-13H,3,14H2,1-2H3,(H,26,29)(H,27,30). The predicted octanol–water partition coefficient (Wildman–Crippen LogP) is 3.27. The molecular weight excluding hydrogens is 461 g/mol. The van der Waals surface area contributed by atoms with E-state index in [0.29, 0.717) is 23.3 Å². The Bertz CT molecular complexity index is 1560. The van der Waals surface area contributed by atoms with Crippen LogP contribution in [0.4, 0.5) is 4.39 Å². The molecule has 0 saturated carbocycles. The second-order valence-corrected chi connectivity index (χ2v) is 9.38. The van der Waals surface area contributed by atoms with E-state index in [-0.39, 0.29) is 28.9 Å². The summed E-state index contributed by atoms with van der Waals surface area (Å²) in [5.41, 5.74) is 0.610. The fourth-order valence-corrected chi connectivity index (χ4v) is 4.33. The number of fused-ring (bicyclic) bond motifs is 1. The van der Waals surface area contributed by atoms with Gasteiger partial charge in [-0.25, -0.2) is 17.5 Å². The first-order valence-electron chi connectivity index (χ1n) is 10.4. The molecule has 2 N–H and O–H groups in total. The Hall–Kier alpha value is -3.92. The maximum absolute atomic E-state index is 14.6. The van der Waals surface area contributed by atoms with Gasteiger partial charge in [0.1, 0.15) is 17.3 Å². The topological polar surface area (TPSA) is 110 Å². The first-order valence-corrected chi connectivity index (χ1v) is 12.3. The van der Waals surface area contributed by atoms with Gasteiger partial charge in [0.25, 0.3) is 11.5 Å². The molecule has 0 fully saturated rings. The summed E-state index contributed by atoms with van der Waals surface area (Å²) in [5.74, 6) is -0.920. The Kier molecular flexibility index (Phi) is 6.25. The van der Waals surface area contributed by atoms with Crippen molar-refractivity contribution in [2.24, 2.45) is 0 Å². The van der Waals surface area contributed by atoms with Gasteiger partial charge < -0.3 is 14.3 Å². The van der Waals surface area contributed by atoms with E-state index < -0.39 is 27.3 Å². The number of hydrogen-bond acceptors (Lipinski definition) is 5. The molecule has 8 nitrogen and oxygen atoms in total. The lowest BCUT2D eigenvalue weighted by Gasteiger charge is -2.13. The van der Waals surface area contributed by atoms with Crippen LogP contribution in [0.5, 0.6) is 5.75 Å². The second-order valence-electron chi connectivity index (χ2n) is 7.63. The highest BCUT2D eigenvalue weighted by atomic mass is 32.2. The summed E-state index contributed by atoms with van der Waals surface area (Å²) in [5, 5.41) is 0.484. The van der Waals surface area contributed by atoms with Gasteiger partial charge in [0.05, 0.1) is 19.4 Å². The van der Waals surface area contributed by atoms with Gasteiger partial charge >= 0.3 is 0 Å². The summed E-state index contributed by atoms with van der Waals surface area (Å²) >= 11 is 0. The largest absolute Gasteiger partial charge is 0.494 e. The first kappa shape index (κ1) is 23.2. The van der Waals surface area contributed by atoms with E-state index in [9.17, 15) is 22.4 Å². The highest BCUT2D eigenvalue weighted by Crippen LogP contribution is 2.36. The third-order valence-corrected chi connectivity index (χ3v) is 5.77. The quantitative estimate of drug-likeness (QED) is 0.419. The van der Waals surface area contributed by atoms with Crippen LogP contribution < -0.4 is 15.0 Å². The number of aromatic amines is 1. The molecule has 2 aromatic heterocycles. The number of rotatable bonds is 7. The highest BCUT2D eigenvalue weighted by molar-refractivity contribution is 7.89. The van der Waals surface area contributed by atoms with E-state index in [0.717, 1.165) is 6.26 Å². The van der Waals surface area contributed by atoms with Crippen LogP contribution in [-0.2, 0) is 16.6 Å². The number of sulfonamides is 1. The summed E-state index contributed by atoms with van der Waals surface area (Å²) in [6.45, 7) is 2.14. The van der Waals surface area contributed by atoms with E-state index in [1.165, 1.54) is 22.9 Å². The number of nitrogens with zero attached hydrogens (tertiary/aromatic N) is 1. The number of carbonyl (C=O) groups excluding carboxylic acids is 1. The molecule has 2 heterocycles. The average molecular weight is 484 g/mol. The fraction of sp³-hybridized carbons (Fsp3) is 0.167. The van der Waals surface area contributed by atoms with Crippen LogP contribution in [0.2, 0.25) is 0 Å². The zero-order chi connectivity index (χ0) is 24.5. The molecule has 0 aliphatic heterocycles. The van der Waals surface area contributed by atoms with Crippen molar-refractivity contribution in [3.05, 3.63) is 88.2 Å². The van der Waals surface area contributed by atoms with E-state index in [1.54, 1.807) is 42.5 Å². The molecule has 10 heteroatoms. The molecule has 0 aliphatic carbocycles. The summed E-state index contributed by atoms with van der Waals surface area (Å²) in [4.78, 5) is 28.6. The molecule has 0 radical (unpaired) electrons. The number of halogens is 1. The number of aromatic nitrogens is 2. The van der Waals surface area contributed by atoms with Crippen LogP contribution >= 0.6 is 0 Å². The van der Waals surface area contributed by atoms with Gasteiger partial charge in [-0.15, -0.1) is 0 Å². The van der Waals surface area contributed by atoms with E-state index in [4.69, 9.17) is 4.74 Å². The van der Waals surface area contributed by atoms with Crippen molar-refractivity contribution < 1.29 is 22.3 Å². The van der Waals surface area contributed by atoms with Gasteiger partial charge in [-0.05, 0) is 43.3 Å². The summed E-state index contributed by atoms with van der Waals surface area (Å²) in [6, 6.07) is 14.3. The molecule has 0 saturated heterocycles. The van der Waals surface area contributed by atoms with E-state index >= 15 is 0 Å². The van der Waals surface area contributed by atoms with Crippen LogP contribution in [0.1, 0.15) is 23.0 Å². The van der Waals surface area contributed by atoms with E-state index in [2.05, 4.69) is 4.98 Å². The number of H-pyrrole nitrogens is 1. The van der Waals surface area contributed by atoms with Crippen molar-refractivity contribution >= 4 is 26.8 Å². The van der Waals surface area contributed by atoms with Crippen molar-refractivity contribution in [1.29, 1.82) is 0 Å². The lowest BCUT2D eigenvalue weighted by molar-refractivity contribution is 0.0974. The number of ether oxygens (including phenoxy) is 1. The Morgan fingerprint density at radius 3 is 2.59 bits per heavy atom. The van der Waals surface area contributed by atoms with Gasteiger partial charge in [-0.3, -0.25) is 9.59 Å². The minimum absolute atomic E-state index is 0.0750. The highest BCUT2D eigenvalue weighted by Gasteiger charge is 2.27. The monoisotopic (exact) mass is 483 g/mol. The lowest BCUT2D eigenvalue weighted by atomic mass is 10.0. The van der Waals surface area contributed by atoms with Crippen molar-refractivity contribution in [2.75, 3.05) is 12.9 Å². The fourth-order valence-electron chi connectivity index (χ4n) is 3.90.